The molecule has 3 heteroatoms. The van der Waals surface area contributed by atoms with Crippen LogP contribution in [-0.4, -0.2) is 9.55 Å². The van der Waals surface area contributed by atoms with Gasteiger partial charge in [-0.2, -0.15) is 4.57 Å². The molecule has 0 saturated heterocycles. The number of aryl methyl sites for hydroxylation is 3. The van der Waals surface area contributed by atoms with Gasteiger partial charge in [0.05, 0.1) is 25.2 Å². The standard InChI is InChI=1S/C21H20N3/c1-4-14-7-8-15-9-10-17-20(19(15)13(14)2)24-18(22-17)12-16-6-5-11-23(3)21(16)24/h5-11H,4,12H2,1-3H3/q+1. The molecule has 0 bridgehead atoms. The Labute approximate surface area is 141 Å². The maximum absolute atomic E-state index is 4.95. The first-order valence-corrected chi connectivity index (χ1v) is 8.59. The number of pyridine rings is 1. The Morgan fingerprint density at radius 3 is 2.83 bits per heavy atom. The number of benzene rings is 2. The summed E-state index contributed by atoms with van der Waals surface area (Å²) < 4.78 is 4.59. The molecule has 24 heavy (non-hydrogen) atoms. The van der Waals surface area contributed by atoms with Crippen LogP contribution < -0.4 is 4.57 Å². The van der Waals surface area contributed by atoms with Crippen molar-refractivity contribution in [3.63, 3.8) is 0 Å². The van der Waals surface area contributed by atoms with Gasteiger partial charge in [0.1, 0.15) is 5.52 Å². The Morgan fingerprint density at radius 2 is 2.00 bits per heavy atom. The molecule has 0 amide bonds. The number of hydrogen-bond donors (Lipinski definition) is 0. The van der Waals surface area contributed by atoms with E-state index in [9.17, 15) is 0 Å². The zero-order valence-corrected chi connectivity index (χ0v) is 14.3. The largest absolute Gasteiger partial charge is 0.291 e. The molecule has 2 aromatic heterocycles. The van der Waals surface area contributed by atoms with Crippen molar-refractivity contribution in [3.8, 4) is 5.82 Å². The van der Waals surface area contributed by atoms with E-state index < -0.39 is 0 Å². The highest BCUT2D eigenvalue weighted by molar-refractivity contribution is 6.07. The van der Waals surface area contributed by atoms with Crippen molar-refractivity contribution < 1.29 is 4.57 Å². The zero-order chi connectivity index (χ0) is 16.4. The Morgan fingerprint density at radius 1 is 1.17 bits per heavy atom. The van der Waals surface area contributed by atoms with Crippen LogP contribution in [0.5, 0.6) is 0 Å². The molecule has 0 atom stereocenters. The minimum Gasteiger partial charge on any atom is -0.236 e. The summed E-state index contributed by atoms with van der Waals surface area (Å²) in [5, 5.41) is 2.65. The third-order valence-corrected chi connectivity index (χ3v) is 5.41. The molecule has 0 unspecified atom stereocenters. The Hall–Kier alpha value is -2.68. The molecule has 0 N–H and O–H groups in total. The van der Waals surface area contributed by atoms with Crippen LogP contribution in [0, 0.1) is 6.92 Å². The topological polar surface area (TPSA) is 21.7 Å². The average Bonchev–Trinajstić information content (AvgIpc) is 3.11. The van der Waals surface area contributed by atoms with Crippen molar-refractivity contribution >= 4 is 21.8 Å². The minimum atomic E-state index is 0.909. The van der Waals surface area contributed by atoms with Gasteiger partial charge < -0.3 is 0 Å². The molecule has 3 nitrogen and oxygen atoms in total. The van der Waals surface area contributed by atoms with Gasteiger partial charge in [-0.25, -0.2) is 9.55 Å². The van der Waals surface area contributed by atoms with Crippen LogP contribution in [-0.2, 0) is 19.9 Å². The van der Waals surface area contributed by atoms with Crippen LogP contribution in [0.3, 0.4) is 0 Å². The number of hydrogen-bond acceptors (Lipinski definition) is 1. The molecule has 0 saturated carbocycles. The van der Waals surface area contributed by atoms with Crippen LogP contribution in [0.1, 0.15) is 29.4 Å². The summed E-state index contributed by atoms with van der Waals surface area (Å²) in [7, 11) is 2.12. The van der Waals surface area contributed by atoms with Crippen LogP contribution in [0.2, 0.25) is 0 Å². The lowest BCUT2D eigenvalue weighted by Gasteiger charge is -2.09. The lowest BCUT2D eigenvalue weighted by Crippen LogP contribution is -2.33. The predicted octanol–water partition coefficient (Wildman–Crippen LogP) is 3.78. The maximum Gasteiger partial charge on any atom is 0.291 e. The van der Waals surface area contributed by atoms with Gasteiger partial charge in [0.2, 0.25) is 5.82 Å². The average molecular weight is 314 g/mol. The van der Waals surface area contributed by atoms with Crippen molar-refractivity contribution in [1.29, 1.82) is 0 Å². The quantitative estimate of drug-likeness (QED) is 0.432. The fourth-order valence-corrected chi connectivity index (χ4v) is 4.24. The second kappa shape index (κ2) is 4.67. The monoisotopic (exact) mass is 314 g/mol. The molecule has 3 heterocycles. The molecule has 4 aromatic rings. The second-order valence-electron chi connectivity index (χ2n) is 6.74. The highest BCUT2D eigenvalue weighted by Gasteiger charge is 2.33. The van der Waals surface area contributed by atoms with Crippen molar-refractivity contribution in [3.05, 3.63) is 65.1 Å². The Bertz CT molecular complexity index is 1140. The van der Waals surface area contributed by atoms with E-state index in [1.807, 2.05) is 0 Å². The number of rotatable bonds is 1. The lowest BCUT2D eigenvalue weighted by atomic mass is 9.97. The Kier molecular flexibility index (Phi) is 2.67. The molecule has 5 rings (SSSR count). The minimum absolute atomic E-state index is 0.909. The molecule has 0 aliphatic carbocycles. The Balaban J connectivity index is 2.01. The van der Waals surface area contributed by atoms with Gasteiger partial charge >= 0.3 is 0 Å². The predicted molar refractivity (Wildman–Crippen MR) is 96.7 cm³/mol. The smallest absolute Gasteiger partial charge is 0.236 e. The van der Waals surface area contributed by atoms with Crippen molar-refractivity contribution in [2.45, 2.75) is 26.7 Å². The summed E-state index contributed by atoms with van der Waals surface area (Å²) in [6.07, 6.45) is 4.09. The van der Waals surface area contributed by atoms with Gasteiger partial charge in [0, 0.05) is 5.39 Å². The third-order valence-electron chi connectivity index (χ3n) is 5.41. The summed E-state index contributed by atoms with van der Waals surface area (Å²) in [5.41, 5.74) is 6.52. The summed E-state index contributed by atoms with van der Waals surface area (Å²) >= 11 is 0. The number of imidazole rings is 1. The van der Waals surface area contributed by atoms with E-state index in [-0.39, 0.29) is 0 Å². The number of nitrogens with zero attached hydrogens (tertiary/aromatic N) is 3. The van der Waals surface area contributed by atoms with Gasteiger partial charge in [0.25, 0.3) is 5.82 Å². The van der Waals surface area contributed by atoms with Crippen LogP contribution in [0.4, 0.5) is 0 Å². The van der Waals surface area contributed by atoms with Gasteiger partial charge in [0.15, 0.2) is 5.52 Å². The molecule has 0 fully saturated rings. The second-order valence-corrected chi connectivity index (χ2v) is 6.74. The van der Waals surface area contributed by atoms with E-state index in [1.165, 1.54) is 38.8 Å². The summed E-state index contributed by atoms with van der Waals surface area (Å²) in [4.78, 5) is 4.95. The summed E-state index contributed by atoms with van der Waals surface area (Å²) in [6, 6.07) is 13.2. The fourth-order valence-electron chi connectivity index (χ4n) is 4.24. The van der Waals surface area contributed by atoms with E-state index >= 15 is 0 Å². The normalized spacial score (nSPS) is 12.8. The van der Waals surface area contributed by atoms with E-state index in [0.717, 1.165) is 24.2 Å². The van der Waals surface area contributed by atoms with Crippen molar-refractivity contribution in [1.82, 2.24) is 9.55 Å². The molecular weight excluding hydrogens is 294 g/mol. The van der Waals surface area contributed by atoms with E-state index in [2.05, 4.69) is 72.6 Å². The first kappa shape index (κ1) is 13.7. The van der Waals surface area contributed by atoms with Crippen molar-refractivity contribution in [2.75, 3.05) is 0 Å². The molecular formula is C21H20N3+. The van der Waals surface area contributed by atoms with Gasteiger partial charge in [-0.1, -0.05) is 25.1 Å². The summed E-state index contributed by atoms with van der Waals surface area (Å²) in [5.74, 6) is 2.40. The zero-order valence-electron chi connectivity index (χ0n) is 14.3. The van der Waals surface area contributed by atoms with Crippen LogP contribution in [0.15, 0.2) is 42.6 Å². The van der Waals surface area contributed by atoms with Gasteiger partial charge in [-0.3, -0.25) is 0 Å². The molecule has 1 aliphatic rings. The van der Waals surface area contributed by atoms with E-state index in [1.54, 1.807) is 0 Å². The maximum atomic E-state index is 4.95. The highest BCUT2D eigenvalue weighted by Crippen LogP contribution is 2.36. The first-order valence-electron chi connectivity index (χ1n) is 8.59. The van der Waals surface area contributed by atoms with Crippen LogP contribution in [0.25, 0.3) is 27.6 Å². The fraction of sp³-hybridized carbons (Fsp3) is 0.238. The summed E-state index contributed by atoms with van der Waals surface area (Å²) in [6.45, 7) is 4.48. The molecule has 0 radical (unpaired) electrons. The SMILES string of the molecule is CCc1ccc2ccc3nc4n(c3c2c1C)-c1c(ccc[n+]1C)C4. The number of fused-ring (bicyclic) bond motifs is 7. The van der Waals surface area contributed by atoms with E-state index in [4.69, 9.17) is 4.98 Å². The van der Waals surface area contributed by atoms with Crippen LogP contribution >= 0.6 is 0 Å². The first-order chi connectivity index (χ1) is 11.7. The van der Waals surface area contributed by atoms with Gasteiger partial charge in [-0.15, -0.1) is 0 Å². The highest BCUT2D eigenvalue weighted by atomic mass is 15.2. The van der Waals surface area contributed by atoms with Gasteiger partial charge in [-0.05, 0) is 48.1 Å². The third kappa shape index (κ3) is 1.62. The molecule has 2 aromatic carbocycles. The number of aromatic nitrogens is 3. The lowest BCUT2D eigenvalue weighted by molar-refractivity contribution is -0.665. The van der Waals surface area contributed by atoms with Crippen molar-refractivity contribution in [2.24, 2.45) is 7.05 Å². The molecule has 1 aliphatic heterocycles. The molecule has 0 spiro atoms. The molecule has 118 valence electrons. The van der Waals surface area contributed by atoms with E-state index in [0.29, 0.717) is 0 Å².